The van der Waals surface area contributed by atoms with Crippen LogP contribution < -0.4 is 9.64 Å². The topological polar surface area (TPSA) is 49.9 Å². The Hall–Kier alpha value is -1.60. The lowest BCUT2D eigenvalue weighted by Gasteiger charge is -2.29. The van der Waals surface area contributed by atoms with Crippen LogP contribution in [-0.4, -0.2) is 46.5 Å². The maximum Gasteiger partial charge on any atom is 0.247 e. The van der Waals surface area contributed by atoms with Crippen LogP contribution in [0.3, 0.4) is 0 Å². The first kappa shape index (κ1) is 17.2. The lowest BCUT2D eigenvalue weighted by atomic mass is 10.1. The molecule has 0 radical (unpaired) electrons. The second-order valence-corrected chi connectivity index (χ2v) is 7.73. The predicted octanol–water partition coefficient (Wildman–Crippen LogP) is 2.83. The van der Waals surface area contributed by atoms with Crippen LogP contribution in [0.2, 0.25) is 0 Å². The van der Waals surface area contributed by atoms with E-state index < -0.39 is 5.25 Å². The third-order valence-corrected chi connectivity index (χ3v) is 5.95. The first-order chi connectivity index (χ1) is 11.6. The SMILES string of the molecule is COc1ccc(N2C(=O)C[C@@H](SC(=S)N3CCCCC3)C2=O)cc1. The molecule has 3 rings (SSSR count). The minimum absolute atomic E-state index is 0.177. The van der Waals surface area contributed by atoms with Crippen LogP contribution in [0.15, 0.2) is 24.3 Å². The molecule has 0 N–H and O–H groups in total. The molecule has 2 heterocycles. The number of piperidine rings is 1. The normalized spacial score (nSPS) is 21.3. The van der Waals surface area contributed by atoms with Crippen LogP contribution in [0.5, 0.6) is 5.75 Å². The summed E-state index contributed by atoms with van der Waals surface area (Å²) in [6, 6.07) is 6.94. The molecule has 0 unspecified atom stereocenters. The van der Waals surface area contributed by atoms with Crippen LogP contribution in [0.25, 0.3) is 0 Å². The Morgan fingerprint density at radius 2 is 1.83 bits per heavy atom. The van der Waals surface area contributed by atoms with Crippen molar-refractivity contribution in [3.63, 3.8) is 0 Å². The van der Waals surface area contributed by atoms with E-state index in [4.69, 9.17) is 17.0 Å². The number of rotatable bonds is 3. The highest BCUT2D eigenvalue weighted by Gasteiger charge is 2.41. The lowest BCUT2D eigenvalue weighted by Crippen LogP contribution is -2.35. The monoisotopic (exact) mass is 364 g/mol. The maximum atomic E-state index is 12.7. The van der Waals surface area contributed by atoms with Crippen molar-refractivity contribution in [3.8, 4) is 5.75 Å². The molecule has 2 amide bonds. The van der Waals surface area contributed by atoms with Crippen molar-refractivity contribution in [1.82, 2.24) is 4.90 Å². The van der Waals surface area contributed by atoms with Crippen LogP contribution in [0.1, 0.15) is 25.7 Å². The average Bonchev–Trinajstić information content (AvgIpc) is 2.89. The van der Waals surface area contributed by atoms with Crippen molar-refractivity contribution >= 4 is 45.8 Å². The first-order valence-corrected chi connectivity index (χ1v) is 9.35. The highest BCUT2D eigenvalue weighted by molar-refractivity contribution is 8.23. The van der Waals surface area contributed by atoms with Gasteiger partial charge in [0.2, 0.25) is 11.8 Å². The number of hydrogen-bond acceptors (Lipinski definition) is 5. The number of ether oxygens (including phenoxy) is 1. The molecule has 1 aromatic rings. The summed E-state index contributed by atoms with van der Waals surface area (Å²) < 4.78 is 5.85. The van der Waals surface area contributed by atoms with Crippen molar-refractivity contribution in [2.75, 3.05) is 25.1 Å². The number of benzene rings is 1. The number of carbonyl (C=O) groups is 2. The molecule has 0 aliphatic carbocycles. The summed E-state index contributed by atoms with van der Waals surface area (Å²) in [5.41, 5.74) is 0.581. The predicted molar refractivity (Wildman–Crippen MR) is 99.5 cm³/mol. The molecule has 2 saturated heterocycles. The first-order valence-electron chi connectivity index (χ1n) is 8.06. The minimum Gasteiger partial charge on any atom is -0.497 e. The molecule has 1 aromatic carbocycles. The Morgan fingerprint density at radius 1 is 1.17 bits per heavy atom. The van der Waals surface area contributed by atoms with E-state index in [1.807, 2.05) is 0 Å². The van der Waals surface area contributed by atoms with Crippen LogP contribution >= 0.6 is 24.0 Å². The summed E-state index contributed by atoms with van der Waals surface area (Å²) in [4.78, 5) is 28.4. The van der Waals surface area contributed by atoms with Gasteiger partial charge in [0.05, 0.1) is 12.8 Å². The number of hydrogen-bond donors (Lipinski definition) is 0. The molecule has 2 aliphatic rings. The van der Waals surface area contributed by atoms with Gasteiger partial charge in [0, 0.05) is 19.5 Å². The third kappa shape index (κ3) is 3.57. The molecule has 5 nitrogen and oxygen atoms in total. The van der Waals surface area contributed by atoms with Gasteiger partial charge in [-0.2, -0.15) is 0 Å². The molecule has 2 fully saturated rings. The minimum atomic E-state index is -0.422. The summed E-state index contributed by atoms with van der Waals surface area (Å²) in [5, 5.41) is -0.422. The number of thioether (sulfide) groups is 1. The molecular weight excluding hydrogens is 344 g/mol. The van der Waals surface area contributed by atoms with Gasteiger partial charge in [0.1, 0.15) is 15.3 Å². The summed E-state index contributed by atoms with van der Waals surface area (Å²) in [6.45, 7) is 1.89. The number of carbonyl (C=O) groups excluding carboxylic acids is 2. The van der Waals surface area contributed by atoms with Crippen molar-refractivity contribution in [2.45, 2.75) is 30.9 Å². The highest BCUT2D eigenvalue weighted by Crippen LogP contribution is 2.32. The number of methoxy groups -OCH3 is 1. The van der Waals surface area contributed by atoms with Crippen molar-refractivity contribution < 1.29 is 14.3 Å². The molecular formula is C17H20N2O3S2. The zero-order valence-corrected chi connectivity index (χ0v) is 15.2. The van der Waals surface area contributed by atoms with Gasteiger partial charge in [-0.25, -0.2) is 4.90 Å². The van der Waals surface area contributed by atoms with Crippen LogP contribution in [-0.2, 0) is 9.59 Å². The summed E-state index contributed by atoms with van der Waals surface area (Å²) in [7, 11) is 1.58. The zero-order chi connectivity index (χ0) is 17.1. The van der Waals surface area contributed by atoms with E-state index in [0.717, 1.165) is 30.3 Å². The molecule has 0 bridgehead atoms. The van der Waals surface area contributed by atoms with Crippen molar-refractivity contribution in [3.05, 3.63) is 24.3 Å². The largest absolute Gasteiger partial charge is 0.497 e. The quantitative estimate of drug-likeness (QED) is 0.607. The number of imide groups is 1. The van der Waals surface area contributed by atoms with Gasteiger partial charge in [0.25, 0.3) is 0 Å². The zero-order valence-electron chi connectivity index (χ0n) is 13.6. The van der Waals surface area contributed by atoms with Gasteiger partial charge in [-0.1, -0.05) is 24.0 Å². The fraction of sp³-hybridized carbons (Fsp3) is 0.471. The highest BCUT2D eigenvalue weighted by atomic mass is 32.2. The van der Waals surface area contributed by atoms with E-state index >= 15 is 0 Å². The second kappa shape index (κ2) is 7.53. The fourth-order valence-electron chi connectivity index (χ4n) is 2.97. The fourth-order valence-corrected chi connectivity index (χ4v) is 4.51. The summed E-state index contributed by atoms with van der Waals surface area (Å²) >= 11 is 6.83. The number of amides is 2. The molecule has 7 heteroatoms. The Morgan fingerprint density at radius 3 is 2.46 bits per heavy atom. The number of likely N-dealkylation sites (tertiary alicyclic amines) is 1. The van der Waals surface area contributed by atoms with Gasteiger partial charge < -0.3 is 9.64 Å². The molecule has 2 aliphatic heterocycles. The second-order valence-electron chi connectivity index (χ2n) is 5.89. The van der Waals surface area contributed by atoms with Crippen molar-refractivity contribution in [2.24, 2.45) is 0 Å². The number of thiocarbonyl (C=S) groups is 1. The summed E-state index contributed by atoms with van der Waals surface area (Å²) in [6.07, 6.45) is 3.70. The van der Waals surface area contributed by atoms with E-state index in [1.54, 1.807) is 31.4 Å². The lowest BCUT2D eigenvalue weighted by molar-refractivity contribution is -0.121. The van der Waals surface area contributed by atoms with Gasteiger partial charge >= 0.3 is 0 Å². The Labute approximate surface area is 151 Å². The Balaban J connectivity index is 1.67. The smallest absolute Gasteiger partial charge is 0.247 e. The van der Waals surface area contributed by atoms with Gasteiger partial charge in [0.15, 0.2) is 0 Å². The average molecular weight is 364 g/mol. The van der Waals surface area contributed by atoms with Crippen LogP contribution in [0.4, 0.5) is 5.69 Å². The van der Waals surface area contributed by atoms with E-state index in [1.165, 1.54) is 23.1 Å². The maximum absolute atomic E-state index is 12.7. The molecule has 24 heavy (non-hydrogen) atoms. The molecule has 0 spiro atoms. The van der Waals surface area contributed by atoms with Crippen molar-refractivity contribution in [1.29, 1.82) is 0 Å². The summed E-state index contributed by atoms with van der Waals surface area (Å²) in [5.74, 6) is 0.327. The van der Waals surface area contributed by atoms with Gasteiger partial charge in [-0.15, -0.1) is 0 Å². The molecule has 0 saturated carbocycles. The molecule has 1 atom stereocenters. The molecule has 0 aromatic heterocycles. The Kier molecular flexibility index (Phi) is 5.40. The van der Waals surface area contributed by atoms with E-state index in [9.17, 15) is 9.59 Å². The number of nitrogens with zero attached hydrogens (tertiary/aromatic N) is 2. The van der Waals surface area contributed by atoms with E-state index in [0.29, 0.717) is 11.4 Å². The third-order valence-electron chi connectivity index (χ3n) is 4.29. The standard InChI is InChI=1S/C17H20N2O3S2/c1-22-13-7-5-12(6-8-13)19-15(20)11-14(16(19)21)24-17(23)18-9-3-2-4-10-18/h5-8,14H,2-4,9-11H2,1H3/t14-/m1/s1. The van der Waals surface area contributed by atoms with E-state index in [-0.39, 0.29) is 18.2 Å². The van der Waals surface area contributed by atoms with Gasteiger partial charge in [-0.3, -0.25) is 9.59 Å². The molecule has 128 valence electrons. The van der Waals surface area contributed by atoms with Gasteiger partial charge in [-0.05, 0) is 43.5 Å². The van der Waals surface area contributed by atoms with Crippen LogP contribution in [0, 0.1) is 0 Å². The number of anilines is 1. The Bertz CT molecular complexity index is 642. The van der Waals surface area contributed by atoms with E-state index in [2.05, 4.69) is 4.90 Å².